The van der Waals surface area contributed by atoms with Crippen molar-refractivity contribution in [2.24, 2.45) is 0 Å². The fraction of sp³-hybridized carbons (Fsp3) is 0.417. The van der Waals surface area contributed by atoms with E-state index in [2.05, 4.69) is 12.2 Å². The van der Waals surface area contributed by atoms with Crippen molar-refractivity contribution in [3.05, 3.63) is 54.1 Å². The van der Waals surface area contributed by atoms with Crippen LogP contribution < -0.4 is 15.0 Å². The Labute approximate surface area is 183 Å². The van der Waals surface area contributed by atoms with Gasteiger partial charge in [0.1, 0.15) is 11.1 Å². The number of anilines is 2. The number of hydrogen-bond acceptors (Lipinski definition) is 4. The zero-order valence-electron chi connectivity index (χ0n) is 17.7. The Morgan fingerprint density at radius 1 is 1.10 bits per heavy atom. The number of unbranched alkanes of at least 4 members (excludes halogenated alkanes) is 4. The highest BCUT2D eigenvalue weighted by atomic mass is 32.2. The lowest BCUT2D eigenvalue weighted by molar-refractivity contribution is -0.116. The number of nitrogens with zero attached hydrogens (tertiary/aromatic N) is 1. The third-order valence-electron chi connectivity index (χ3n) is 5.22. The number of benzene rings is 2. The van der Waals surface area contributed by atoms with Gasteiger partial charge in [-0.3, -0.25) is 14.5 Å². The van der Waals surface area contributed by atoms with Crippen molar-refractivity contribution in [1.82, 2.24) is 0 Å². The topological polar surface area (TPSA) is 58.6 Å². The Balaban J connectivity index is 1.77. The quantitative estimate of drug-likeness (QED) is 0.490. The van der Waals surface area contributed by atoms with E-state index < -0.39 is 0 Å². The number of amides is 2. The van der Waals surface area contributed by atoms with Crippen LogP contribution in [0.3, 0.4) is 0 Å². The Morgan fingerprint density at radius 2 is 1.83 bits per heavy atom. The van der Waals surface area contributed by atoms with E-state index in [1.807, 2.05) is 48.5 Å². The molecular weight excluding hydrogens is 396 g/mol. The number of hydrogen-bond donors (Lipinski definition) is 1. The molecule has 2 aromatic rings. The van der Waals surface area contributed by atoms with E-state index in [0.29, 0.717) is 17.9 Å². The zero-order chi connectivity index (χ0) is 21.3. The molecule has 5 nitrogen and oxygen atoms in total. The molecule has 1 heterocycles. The lowest BCUT2D eigenvalue weighted by Gasteiger charge is -2.27. The van der Waals surface area contributed by atoms with Gasteiger partial charge in [-0.05, 0) is 24.6 Å². The molecule has 160 valence electrons. The molecule has 0 unspecified atom stereocenters. The van der Waals surface area contributed by atoms with Gasteiger partial charge in [0.25, 0.3) is 0 Å². The SMILES string of the molecule is CCCCCCCC(=O)Nc1ccccc1[C@H]1SCC(=O)N1c1ccccc1OC. The average molecular weight is 427 g/mol. The smallest absolute Gasteiger partial charge is 0.238 e. The summed E-state index contributed by atoms with van der Waals surface area (Å²) in [6.07, 6.45) is 6.09. The van der Waals surface area contributed by atoms with E-state index >= 15 is 0 Å². The Kier molecular flexibility index (Phi) is 8.20. The molecule has 1 aliphatic heterocycles. The van der Waals surface area contributed by atoms with Gasteiger partial charge in [0, 0.05) is 17.7 Å². The van der Waals surface area contributed by atoms with Crippen molar-refractivity contribution in [3.8, 4) is 5.75 Å². The molecule has 1 N–H and O–H groups in total. The summed E-state index contributed by atoms with van der Waals surface area (Å²) in [5.41, 5.74) is 2.44. The van der Waals surface area contributed by atoms with Gasteiger partial charge in [0.05, 0.1) is 18.6 Å². The van der Waals surface area contributed by atoms with Crippen molar-refractivity contribution in [1.29, 1.82) is 0 Å². The molecule has 6 heteroatoms. The molecule has 1 aliphatic rings. The summed E-state index contributed by atoms with van der Waals surface area (Å²) in [6.45, 7) is 2.18. The lowest BCUT2D eigenvalue weighted by Crippen LogP contribution is -2.29. The summed E-state index contributed by atoms with van der Waals surface area (Å²) >= 11 is 1.56. The minimum atomic E-state index is -0.213. The maximum Gasteiger partial charge on any atom is 0.238 e. The molecule has 1 atom stereocenters. The number of rotatable bonds is 10. The zero-order valence-corrected chi connectivity index (χ0v) is 18.5. The molecule has 0 aliphatic carbocycles. The normalized spacial score (nSPS) is 16.0. The van der Waals surface area contributed by atoms with Crippen LogP contribution in [0.5, 0.6) is 5.75 Å². The van der Waals surface area contributed by atoms with Crippen LogP contribution in [0.2, 0.25) is 0 Å². The summed E-state index contributed by atoms with van der Waals surface area (Å²) in [5, 5.41) is 2.86. The number of ether oxygens (including phenoxy) is 1. The molecule has 0 spiro atoms. The van der Waals surface area contributed by atoms with Crippen LogP contribution in [-0.4, -0.2) is 24.7 Å². The van der Waals surface area contributed by atoms with Crippen molar-refractivity contribution in [2.75, 3.05) is 23.1 Å². The van der Waals surface area contributed by atoms with Gasteiger partial charge in [0.15, 0.2) is 0 Å². The molecular formula is C24H30N2O3S. The second-order valence-corrected chi connectivity index (χ2v) is 8.47. The maximum absolute atomic E-state index is 12.7. The van der Waals surface area contributed by atoms with Crippen LogP contribution in [0.4, 0.5) is 11.4 Å². The number of para-hydroxylation sites is 3. The standard InChI is InChI=1S/C24H30N2O3S/c1-3-4-5-6-7-16-22(27)25-19-13-9-8-12-18(19)24-26(23(28)17-30-24)20-14-10-11-15-21(20)29-2/h8-15,24H,3-7,16-17H2,1-2H3,(H,25,27)/t24-/m1/s1. The van der Waals surface area contributed by atoms with Gasteiger partial charge in [0.2, 0.25) is 11.8 Å². The second-order valence-electron chi connectivity index (χ2n) is 7.40. The summed E-state index contributed by atoms with van der Waals surface area (Å²) in [7, 11) is 1.61. The van der Waals surface area contributed by atoms with E-state index in [9.17, 15) is 9.59 Å². The van der Waals surface area contributed by atoms with Crippen LogP contribution in [0.1, 0.15) is 56.4 Å². The van der Waals surface area contributed by atoms with E-state index in [0.717, 1.165) is 29.8 Å². The van der Waals surface area contributed by atoms with Crippen molar-refractivity contribution in [2.45, 2.75) is 50.8 Å². The van der Waals surface area contributed by atoms with Gasteiger partial charge >= 0.3 is 0 Å². The van der Waals surface area contributed by atoms with E-state index in [1.165, 1.54) is 19.3 Å². The third kappa shape index (κ3) is 5.36. The average Bonchev–Trinajstić information content (AvgIpc) is 3.15. The predicted molar refractivity (Wildman–Crippen MR) is 124 cm³/mol. The first-order valence-corrected chi connectivity index (χ1v) is 11.7. The molecule has 30 heavy (non-hydrogen) atoms. The second kappa shape index (κ2) is 11.1. The highest BCUT2D eigenvalue weighted by Gasteiger charge is 2.36. The minimum absolute atomic E-state index is 0.0251. The highest BCUT2D eigenvalue weighted by Crippen LogP contribution is 2.46. The Hall–Kier alpha value is -2.47. The summed E-state index contributed by atoms with van der Waals surface area (Å²) < 4.78 is 5.48. The lowest BCUT2D eigenvalue weighted by atomic mass is 10.1. The first-order valence-electron chi connectivity index (χ1n) is 10.6. The summed E-state index contributed by atoms with van der Waals surface area (Å²) in [5.74, 6) is 1.11. The molecule has 0 saturated carbocycles. The van der Waals surface area contributed by atoms with Gasteiger partial charge in [-0.25, -0.2) is 0 Å². The van der Waals surface area contributed by atoms with Crippen molar-refractivity contribution >= 4 is 35.0 Å². The number of methoxy groups -OCH3 is 1. The van der Waals surface area contributed by atoms with E-state index in [1.54, 1.807) is 23.8 Å². The highest BCUT2D eigenvalue weighted by molar-refractivity contribution is 8.00. The maximum atomic E-state index is 12.7. The van der Waals surface area contributed by atoms with Gasteiger partial charge in [-0.2, -0.15) is 0 Å². The number of carbonyl (C=O) groups is 2. The fourth-order valence-corrected chi connectivity index (χ4v) is 4.88. The van der Waals surface area contributed by atoms with Gasteiger partial charge < -0.3 is 10.1 Å². The number of nitrogens with one attached hydrogen (secondary N) is 1. The van der Waals surface area contributed by atoms with Crippen molar-refractivity contribution in [3.63, 3.8) is 0 Å². The third-order valence-corrected chi connectivity index (χ3v) is 6.42. The van der Waals surface area contributed by atoms with Crippen LogP contribution in [-0.2, 0) is 9.59 Å². The molecule has 1 fully saturated rings. The van der Waals surface area contributed by atoms with Crippen LogP contribution >= 0.6 is 11.8 Å². The van der Waals surface area contributed by atoms with Crippen LogP contribution in [0, 0.1) is 0 Å². The summed E-state index contributed by atoms with van der Waals surface area (Å²) in [6, 6.07) is 15.3. The first kappa shape index (κ1) is 22.2. The molecule has 2 aromatic carbocycles. The number of carbonyl (C=O) groups excluding carboxylic acids is 2. The Bertz CT molecular complexity index is 871. The van der Waals surface area contributed by atoms with E-state index in [4.69, 9.17) is 4.74 Å². The number of thioether (sulfide) groups is 1. The van der Waals surface area contributed by atoms with Crippen LogP contribution in [0.25, 0.3) is 0 Å². The monoisotopic (exact) mass is 426 g/mol. The van der Waals surface area contributed by atoms with Gasteiger partial charge in [-0.1, -0.05) is 62.9 Å². The molecule has 0 radical (unpaired) electrons. The molecule has 3 rings (SSSR count). The van der Waals surface area contributed by atoms with Crippen LogP contribution in [0.15, 0.2) is 48.5 Å². The molecule has 0 bridgehead atoms. The largest absolute Gasteiger partial charge is 0.495 e. The van der Waals surface area contributed by atoms with E-state index in [-0.39, 0.29) is 17.2 Å². The molecule has 2 amide bonds. The van der Waals surface area contributed by atoms with Crippen molar-refractivity contribution < 1.29 is 14.3 Å². The Morgan fingerprint density at radius 3 is 2.63 bits per heavy atom. The first-order chi connectivity index (χ1) is 14.7. The fourth-order valence-electron chi connectivity index (χ4n) is 3.67. The predicted octanol–water partition coefficient (Wildman–Crippen LogP) is 5.77. The summed E-state index contributed by atoms with van der Waals surface area (Å²) in [4.78, 5) is 27.0. The molecule has 1 saturated heterocycles. The molecule has 0 aromatic heterocycles. The van der Waals surface area contributed by atoms with Gasteiger partial charge in [-0.15, -0.1) is 11.8 Å². The minimum Gasteiger partial charge on any atom is -0.495 e.